The van der Waals surface area contributed by atoms with E-state index in [2.05, 4.69) is 4.52 Å². The fraction of sp³-hybridized carbons (Fsp3) is 0.250. The van der Waals surface area contributed by atoms with Crippen molar-refractivity contribution in [1.82, 2.24) is 0 Å². The van der Waals surface area contributed by atoms with Crippen LogP contribution in [0.5, 0.6) is 0 Å². The van der Waals surface area contributed by atoms with Crippen LogP contribution in [0, 0.1) is 0 Å². The summed E-state index contributed by atoms with van der Waals surface area (Å²) in [5.41, 5.74) is 1.29. The molecular weight excluding hydrogens is 207 g/mol. The molecule has 0 unspecified atom stereocenters. The van der Waals surface area contributed by atoms with Crippen molar-refractivity contribution in [1.29, 1.82) is 0 Å². The lowest BCUT2D eigenvalue weighted by atomic mass is 10.1. The van der Waals surface area contributed by atoms with E-state index in [1.807, 2.05) is 0 Å². The molecule has 1 rings (SSSR count). The molecule has 0 bridgehead atoms. The molecule has 0 heterocycles. The Morgan fingerprint density at radius 3 is 2.50 bits per heavy atom. The molecule has 0 atom stereocenters. The number of aliphatic hydroxyl groups excluding tert-OH is 1. The van der Waals surface area contributed by atoms with Crippen molar-refractivity contribution in [3.8, 4) is 0 Å². The number of aliphatic hydroxyl groups is 1. The Morgan fingerprint density at radius 1 is 1.29 bits per heavy atom. The van der Waals surface area contributed by atoms with Gasteiger partial charge in [-0.1, -0.05) is 24.3 Å². The van der Waals surface area contributed by atoms with Crippen LogP contribution in [0.4, 0.5) is 0 Å². The van der Waals surface area contributed by atoms with Gasteiger partial charge in [-0.2, -0.15) is 0 Å². The third-order valence-electron chi connectivity index (χ3n) is 1.57. The second kappa shape index (κ2) is 4.68. The Kier molecular flexibility index (Phi) is 3.80. The largest absolute Gasteiger partial charge is 0.469 e. The van der Waals surface area contributed by atoms with Crippen LogP contribution in [0.2, 0.25) is 0 Å². The van der Waals surface area contributed by atoms with Gasteiger partial charge in [-0.15, -0.1) is 0 Å². The Bertz CT molecular complexity index is 345. The highest BCUT2D eigenvalue weighted by atomic mass is 31.2. The first-order valence-electron chi connectivity index (χ1n) is 3.90. The summed E-state index contributed by atoms with van der Waals surface area (Å²) in [6.45, 7) is -0.276. The summed E-state index contributed by atoms with van der Waals surface area (Å²) in [6, 6.07) is 6.68. The molecule has 78 valence electrons. The quantitative estimate of drug-likeness (QED) is 0.650. The predicted molar refractivity (Wildman–Crippen MR) is 49.2 cm³/mol. The number of hydrogen-bond donors (Lipinski definition) is 3. The standard InChI is InChI=1S/C8H11O5P/c9-5-7-2-1-3-8(4-7)6-13-14(10,11)12/h1-4,9H,5-6H2,(H2,10,11,12). The molecule has 0 aliphatic rings. The summed E-state index contributed by atoms with van der Waals surface area (Å²) in [7, 11) is -4.42. The molecule has 0 saturated heterocycles. The average molecular weight is 218 g/mol. The van der Waals surface area contributed by atoms with Crippen molar-refractivity contribution in [3.05, 3.63) is 35.4 Å². The fourth-order valence-corrected chi connectivity index (χ4v) is 1.29. The molecular formula is C8H11O5P. The minimum Gasteiger partial charge on any atom is -0.392 e. The summed E-state index contributed by atoms with van der Waals surface area (Å²) in [5.74, 6) is 0. The van der Waals surface area contributed by atoms with Crippen molar-refractivity contribution in [2.24, 2.45) is 0 Å². The predicted octanol–water partition coefficient (Wildman–Crippen LogP) is 0.788. The summed E-state index contributed by atoms with van der Waals surface area (Å²) in [5, 5.41) is 8.80. The first-order chi connectivity index (χ1) is 6.51. The lowest BCUT2D eigenvalue weighted by Gasteiger charge is -2.05. The van der Waals surface area contributed by atoms with Crippen LogP contribution in [0.3, 0.4) is 0 Å². The van der Waals surface area contributed by atoms with Crippen molar-refractivity contribution in [2.75, 3.05) is 0 Å². The minimum absolute atomic E-state index is 0.107. The molecule has 14 heavy (non-hydrogen) atoms. The van der Waals surface area contributed by atoms with Gasteiger partial charge in [0.1, 0.15) is 0 Å². The zero-order chi connectivity index (χ0) is 10.6. The third-order valence-corrected chi connectivity index (χ3v) is 2.04. The topological polar surface area (TPSA) is 87.0 Å². The monoisotopic (exact) mass is 218 g/mol. The van der Waals surface area contributed by atoms with Crippen LogP contribution in [0.15, 0.2) is 24.3 Å². The lowest BCUT2D eigenvalue weighted by molar-refractivity contribution is 0.189. The number of rotatable bonds is 4. The maximum absolute atomic E-state index is 10.4. The minimum atomic E-state index is -4.42. The zero-order valence-corrected chi connectivity index (χ0v) is 8.22. The van der Waals surface area contributed by atoms with Crippen LogP contribution < -0.4 is 0 Å². The molecule has 0 spiro atoms. The first-order valence-corrected chi connectivity index (χ1v) is 5.43. The van der Waals surface area contributed by atoms with E-state index in [1.165, 1.54) is 0 Å². The molecule has 1 aromatic rings. The van der Waals surface area contributed by atoms with E-state index < -0.39 is 7.82 Å². The second-order valence-corrected chi connectivity index (χ2v) is 3.98. The number of benzene rings is 1. The molecule has 0 aliphatic heterocycles. The maximum Gasteiger partial charge on any atom is 0.469 e. The number of phosphoric ester groups is 1. The van der Waals surface area contributed by atoms with Crippen LogP contribution in [-0.4, -0.2) is 14.9 Å². The Balaban J connectivity index is 2.63. The van der Waals surface area contributed by atoms with E-state index in [1.54, 1.807) is 24.3 Å². The maximum atomic E-state index is 10.4. The molecule has 5 nitrogen and oxygen atoms in total. The van der Waals surface area contributed by atoms with Crippen molar-refractivity contribution < 1.29 is 24.0 Å². The molecule has 6 heteroatoms. The van der Waals surface area contributed by atoms with E-state index >= 15 is 0 Å². The Hall–Kier alpha value is -0.710. The van der Waals surface area contributed by atoms with Crippen molar-refractivity contribution in [3.63, 3.8) is 0 Å². The van der Waals surface area contributed by atoms with Gasteiger partial charge in [-0.25, -0.2) is 4.57 Å². The molecule has 0 saturated carbocycles. The van der Waals surface area contributed by atoms with E-state index in [0.717, 1.165) is 0 Å². The van der Waals surface area contributed by atoms with E-state index in [0.29, 0.717) is 11.1 Å². The van der Waals surface area contributed by atoms with Gasteiger partial charge < -0.3 is 14.9 Å². The normalized spacial score (nSPS) is 11.6. The zero-order valence-electron chi connectivity index (χ0n) is 7.33. The molecule has 0 aromatic heterocycles. The molecule has 0 radical (unpaired) electrons. The van der Waals surface area contributed by atoms with Crippen LogP contribution in [-0.2, 0) is 22.3 Å². The van der Waals surface area contributed by atoms with Crippen molar-refractivity contribution >= 4 is 7.82 Å². The fourth-order valence-electron chi connectivity index (χ4n) is 0.976. The van der Waals surface area contributed by atoms with Crippen LogP contribution in [0.25, 0.3) is 0 Å². The van der Waals surface area contributed by atoms with Crippen LogP contribution in [0.1, 0.15) is 11.1 Å². The van der Waals surface area contributed by atoms with Gasteiger partial charge in [0.05, 0.1) is 13.2 Å². The van der Waals surface area contributed by atoms with E-state index in [-0.39, 0.29) is 13.2 Å². The van der Waals surface area contributed by atoms with Gasteiger partial charge in [0.25, 0.3) is 0 Å². The third kappa shape index (κ3) is 4.00. The van der Waals surface area contributed by atoms with Gasteiger partial charge >= 0.3 is 7.82 Å². The van der Waals surface area contributed by atoms with Gasteiger partial charge in [0.15, 0.2) is 0 Å². The number of phosphoric acid groups is 1. The molecule has 0 fully saturated rings. The smallest absolute Gasteiger partial charge is 0.392 e. The summed E-state index contributed by atoms with van der Waals surface area (Å²) in [4.78, 5) is 16.9. The Morgan fingerprint density at radius 2 is 1.93 bits per heavy atom. The lowest BCUT2D eigenvalue weighted by Crippen LogP contribution is -1.92. The highest BCUT2D eigenvalue weighted by Crippen LogP contribution is 2.36. The SMILES string of the molecule is O=P(O)(O)OCc1cccc(CO)c1. The van der Waals surface area contributed by atoms with E-state index in [4.69, 9.17) is 14.9 Å². The van der Waals surface area contributed by atoms with E-state index in [9.17, 15) is 4.57 Å². The highest BCUT2D eigenvalue weighted by Gasteiger charge is 2.13. The molecule has 1 aromatic carbocycles. The Labute approximate surface area is 81.2 Å². The van der Waals surface area contributed by atoms with Crippen molar-refractivity contribution in [2.45, 2.75) is 13.2 Å². The van der Waals surface area contributed by atoms with Gasteiger partial charge in [0, 0.05) is 0 Å². The highest BCUT2D eigenvalue weighted by molar-refractivity contribution is 7.46. The summed E-state index contributed by atoms with van der Waals surface area (Å²) < 4.78 is 14.7. The number of hydrogen-bond acceptors (Lipinski definition) is 3. The van der Waals surface area contributed by atoms with Gasteiger partial charge in [0.2, 0.25) is 0 Å². The summed E-state index contributed by atoms with van der Waals surface area (Å²) >= 11 is 0. The second-order valence-electron chi connectivity index (χ2n) is 2.74. The average Bonchev–Trinajstić information content (AvgIpc) is 2.14. The first kappa shape index (κ1) is 11.4. The molecule has 0 amide bonds. The van der Waals surface area contributed by atoms with Gasteiger partial charge in [-0.05, 0) is 11.1 Å². The van der Waals surface area contributed by atoms with Crippen LogP contribution >= 0.6 is 7.82 Å². The molecule has 3 N–H and O–H groups in total. The summed E-state index contributed by atoms with van der Waals surface area (Å²) in [6.07, 6.45) is 0. The molecule has 0 aliphatic carbocycles. The van der Waals surface area contributed by atoms with Gasteiger partial charge in [-0.3, -0.25) is 4.52 Å².